The van der Waals surface area contributed by atoms with E-state index in [1.165, 1.54) is 17.8 Å². The van der Waals surface area contributed by atoms with E-state index < -0.39 is 0 Å². The van der Waals surface area contributed by atoms with Crippen molar-refractivity contribution in [3.63, 3.8) is 0 Å². The molecule has 0 atom stereocenters. The standard InChI is InChI=1S/C5H5BrN2O/c1-4(9)8-2-5(6)7-3-8/h2-3H,1H3. The van der Waals surface area contributed by atoms with Gasteiger partial charge in [-0.2, -0.15) is 0 Å². The normalized spacial score (nSPS) is 9.56. The summed E-state index contributed by atoms with van der Waals surface area (Å²) in [6, 6.07) is 0. The van der Waals surface area contributed by atoms with Gasteiger partial charge in [-0.05, 0) is 15.9 Å². The van der Waals surface area contributed by atoms with E-state index in [1.807, 2.05) is 0 Å². The van der Waals surface area contributed by atoms with Gasteiger partial charge >= 0.3 is 0 Å². The maximum absolute atomic E-state index is 10.6. The third-order valence-corrected chi connectivity index (χ3v) is 1.32. The molecule has 0 radical (unpaired) electrons. The Kier molecular flexibility index (Phi) is 1.66. The highest BCUT2D eigenvalue weighted by molar-refractivity contribution is 9.10. The molecule has 1 aromatic heterocycles. The molecule has 0 unspecified atom stereocenters. The molecule has 1 aromatic rings. The number of hydrogen-bond donors (Lipinski definition) is 0. The molecule has 0 N–H and O–H groups in total. The number of rotatable bonds is 0. The van der Waals surface area contributed by atoms with Crippen molar-refractivity contribution in [2.24, 2.45) is 0 Å². The van der Waals surface area contributed by atoms with Crippen molar-refractivity contribution >= 4 is 21.8 Å². The molecule has 0 amide bonds. The summed E-state index contributed by atoms with van der Waals surface area (Å²) in [5, 5.41) is 0. The van der Waals surface area contributed by atoms with Crippen LogP contribution in [0.4, 0.5) is 0 Å². The van der Waals surface area contributed by atoms with Gasteiger partial charge in [-0.25, -0.2) is 4.98 Å². The van der Waals surface area contributed by atoms with E-state index in [9.17, 15) is 4.79 Å². The van der Waals surface area contributed by atoms with Gasteiger partial charge in [-0.15, -0.1) is 0 Å². The van der Waals surface area contributed by atoms with E-state index in [4.69, 9.17) is 0 Å². The lowest BCUT2D eigenvalue weighted by Crippen LogP contribution is -2.00. The topological polar surface area (TPSA) is 34.9 Å². The first-order valence-corrected chi connectivity index (χ1v) is 3.20. The van der Waals surface area contributed by atoms with Crippen LogP contribution in [0.1, 0.15) is 11.7 Å². The quantitative estimate of drug-likeness (QED) is 0.616. The molecule has 4 heteroatoms. The van der Waals surface area contributed by atoms with E-state index in [2.05, 4.69) is 20.9 Å². The van der Waals surface area contributed by atoms with Crippen LogP contribution < -0.4 is 0 Å². The zero-order valence-corrected chi connectivity index (χ0v) is 6.42. The highest BCUT2D eigenvalue weighted by Gasteiger charge is 1.96. The molecule has 0 bridgehead atoms. The average molecular weight is 189 g/mol. The minimum Gasteiger partial charge on any atom is -0.275 e. The second kappa shape index (κ2) is 2.31. The zero-order chi connectivity index (χ0) is 6.85. The molecule has 9 heavy (non-hydrogen) atoms. The number of carbonyl (C=O) groups excluding carboxylic acids is 1. The van der Waals surface area contributed by atoms with Gasteiger partial charge < -0.3 is 0 Å². The fourth-order valence-electron chi connectivity index (χ4n) is 0.471. The van der Waals surface area contributed by atoms with Gasteiger partial charge in [0.05, 0.1) is 0 Å². The second-order valence-electron chi connectivity index (χ2n) is 1.62. The number of hydrogen-bond acceptors (Lipinski definition) is 2. The van der Waals surface area contributed by atoms with E-state index in [1.54, 1.807) is 6.20 Å². The molecule has 48 valence electrons. The highest BCUT2D eigenvalue weighted by Crippen LogP contribution is 2.03. The lowest BCUT2D eigenvalue weighted by Gasteiger charge is -1.87. The predicted molar refractivity (Wildman–Crippen MR) is 36.2 cm³/mol. The Balaban J connectivity index is 2.98. The summed E-state index contributed by atoms with van der Waals surface area (Å²) in [5.74, 6) is -0.0341. The third kappa shape index (κ3) is 1.38. The van der Waals surface area contributed by atoms with Crippen LogP contribution in [-0.4, -0.2) is 15.5 Å². The first-order valence-electron chi connectivity index (χ1n) is 2.40. The molecule has 0 saturated heterocycles. The summed E-state index contributed by atoms with van der Waals surface area (Å²) in [7, 11) is 0. The van der Waals surface area contributed by atoms with Crippen LogP contribution in [0.3, 0.4) is 0 Å². The van der Waals surface area contributed by atoms with Gasteiger partial charge in [-0.1, -0.05) is 0 Å². The van der Waals surface area contributed by atoms with Crippen LogP contribution in [0.25, 0.3) is 0 Å². The maximum Gasteiger partial charge on any atom is 0.228 e. The molecule has 0 fully saturated rings. The van der Waals surface area contributed by atoms with Crippen molar-refractivity contribution in [2.75, 3.05) is 0 Å². The van der Waals surface area contributed by atoms with Crippen LogP contribution in [0, 0.1) is 0 Å². The lowest BCUT2D eigenvalue weighted by molar-refractivity contribution is 0.0936. The summed E-state index contributed by atoms with van der Waals surface area (Å²) in [6.07, 6.45) is 3.08. The Morgan fingerprint density at radius 3 is 2.78 bits per heavy atom. The number of aromatic nitrogens is 2. The first kappa shape index (κ1) is 6.48. The molecule has 0 aliphatic rings. The fraction of sp³-hybridized carbons (Fsp3) is 0.200. The van der Waals surface area contributed by atoms with Crippen molar-refractivity contribution in [2.45, 2.75) is 6.92 Å². The Hall–Kier alpha value is -0.640. The first-order chi connectivity index (χ1) is 4.20. The smallest absolute Gasteiger partial charge is 0.228 e. The summed E-state index contributed by atoms with van der Waals surface area (Å²) < 4.78 is 2.09. The van der Waals surface area contributed by atoms with Gasteiger partial charge in [0.2, 0.25) is 5.91 Å². The average Bonchev–Trinajstić information content (AvgIpc) is 2.14. The molecule has 3 nitrogen and oxygen atoms in total. The number of imidazole rings is 1. The van der Waals surface area contributed by atoms with Crippen LogP contribution in [-0.2, 0) is 0 Å². The van der Waals surface area contributed by atoms with Gasteiger partial charge in [0.1, 0.15) is 10.9 Å². The van der Waals surface area contributed by atoms with Crippen LogP contribution in [0.2, 0.25) is 0 Å². The number of halogens is 1. The molecule has 0 aliphatic carbocycles. The van der Waals surface area contributed by atoms with Crippen molar-refractivity contribution in [1.82, 2.24) is 9.55 Å². The van der Waals surface area contributed by atoms with Gasteiger partial charge in [0.15, 0.2) is 0 Å². The molecular formula is C5H5BrN2O. The van der Waals surface area contributed by atoms with Crippen molar-refractivity contribution in [3.05, 3.63) is 17.1 Å². The highest BCUT2D eigenvalue weighted by atomic mass is 79.9. The molecule has 0 spiro atoms. The molecule has 0 aromatic carbocycles. The SMILES string of the molecule is CC(=O)n1cnc(Br)c1. The largest absolute Gasteiger partial charge is 0.275 e. The van der Waals surface area contributed by atoms with Gasteiger partial charge in [0, 0.05) is 13.1 Å². The van der Waals surface area contributed by atoms with Crippen LogP contribution in [0.5, 0.6) is 0 Å². The second-order valence-corrected chi connectivity index (χ2v) is 2.44. The third-order valence-electron chi connectivity index (χ3n) is 0.915. The minimum absolute atomic E-state index is 0.0341. The zero-order valence-electron chi connectivity index (χ0n) is 4.84. The predicted octanol–water partition coefficient (Wildman–Crippen LogP) is 1.31. The molecule has 0 aliphatic heterocycles. The van der Waals surface area contributed by atoms with Crippen molar-refractivity contribution in [1.29, 1.82) is 0 Å². The van der Waals surface area contributed by atoms with Crippen molar-refractivity contribution < 1.29 is 4.79 Å². The van der Waals surface area contributed by atoms with Crippen LogP contribution >= 0.6 is 15.9 Å². The molecule has 0 saturated carbocycles. The maximum atomic E-state index is 10.6. The Bertz CT molecular complexity index is 231. The van der Waals surface area contributed by atoms with E-state index >= 15 is 0 Å². The minimum atomic E-state index is -0.0341. The Morgan fingerprint density at radius 1 is 1.89 bits per heavy atom. The molecular weight excluding hydrogens is 184 g/mol. The Morgan fingerprint density at radius 2 is 2.56 bits per heavy atom. The van der Waals surface area contributed by atoms with E-state index in [0.717, 1.165) is 0 Å². The van der Waals surface area contributed by atoms with E-state index in [0.29, 0.717) is 4.60 Å². The van der Waals surface area contributed by atoms with Crippen molar-refractivity contribution in [3.8, 4) is 0 Å². The summed E-state index contributed by atoms with van der Waals surface area (Å²) in [4.78, 5) is 14.4. The summed E-state index contributed by atoms with van der Waals surface area (Å²) >= 11 is 3.12. The summed E-state index contributed by atoms with van der Waals surface area (Å²) in [6.45, 7) is 1.48. The molecule has 1 heterocycles. The fourth-order valence-corrected chi connectivity index (χ4v) is 0.783. The Labute approximate surface area is 60.8 Å². The van der Waals surface area contributed by atoms with E-state index in [-0.39, 0.29) is 5.91 Å². The van der Waals surface area contributed by atoms with Crippen LogP contribution in [0.15, 0.2) is 17.1 Å². The number of carbonyl (C=O) groups is 1. The monoisotopic (exact) mass is 188 g/mol. The van der Waals surface area contributed by atoms with Gasteiger partial charge in [0.25, 0.3) is 0 Å². The number of nitrogens with zero attached hydrogens (tertiary/aromatic N) is 2. The molecule has 1 rings (SSSR count). The van der Waals surface area contributed by atoms with Gasteiger partial charge in [-0.3, -0.25) is 9.36 Å². The lowest BCUT2D eigenvalue weighted by atomic mass is 10.7. The summed E-state index contributed by atoms with van der Waals surface area (Å²) in [5.41, 5.74) is 0.